The van der Waals surface area contributed by atoms with Crippen molar-refractivity contribution in [3.05, 3.63) is 11.6 Å². The number of aliphatic carboxylic acids is 1. The molecule has 0 fully saturated rings. The lowest BCUT2D eigenvalue weighted by molar-refractivity contribution is -0.159. The highest BCUT2D eigenvalue weighted by Gasteiger charge is 2.27. The molecule has 0 spiro atoms. The minimum Gasteiger partial charge on any atom is -0.479 e. The normalized spacial score (nSPS) is 11.0. The van der Waals surface area contributed by atoms with E-state index in [4.69, 9.17) is 9.84 Å². The first-order chi connectivity index (χ1) is 5.36. The van der Waals surface area contributed by atoms with Crippen molar-refractivity contribution in [3.8, 4) is 0 Å². The minimum absolute atomic E-state index is 0.349. The number of rotatable bonds is 4. The van der Waals surface area contributed by atoms with Crippen LogP contribution in [0.25, 0.3) is 0 Å². The molecule has 0 aliphatic rings. The van der Waals surface area contributed by atoms with Crippen LogP contribution >= 0.6 is 0 Å². The van der Waals surface area contributed by atoms with Crippen molar-refractivity contribution in [2.24, 2.45) is 0 Å². The highest BCUT2D eigenvalue weighted by atomic mass is 16.5. The number of carboxylic acid groups (broad SMARTS) is 1. The Morgan fingerprint density at radius 3 is 2.33 bits per heavy atom. The second-order valence-electron chi connectivity index (χ2n) is 3.41. The number of hydrogen-bond acceptors (Lipinski definition) is 2. The van der Waals surface area contributed by atoms with E-state index in [1.54, 1.807) is 0 Å². The summed E-state index contributed by atoms with van der Waals surface area (Å²) in [5.74, 6) is -0.940. The van der Waals surface area contributed by atoms with E-state index in [2.05, 4.69) is 0 Å². The van der Waals surface area contributed by atoms with Crippen LogP contribution in [-0.2, 0) is 9.53 Å². The first-order valence-corrected chi connectivity index (χ1v) is 3.87. The SMILES string of the molecule is CC(C)=CCOC(C)(C)C(=O)O. The third-order valence-corrected chi connectivity index (χ3v) is 1.45. The molecule has 0 bridgehead atoms. The molecule has 0 aromatic heterocycles. The maximum atomic E-state index is 10.6. The van der Waals surface area contributed by atoms with Crippen molar-refractivity contribution in [3.63, 3.8) is 0 Å². The molecule has 3 nitrogen and oxygen atoms in total. The van der Waals surface area contributed by atoms with E-state index >= 15 is 0 Å². The Balaban J connectivity index is 3.93. The lowest BCUT2D eigenvalue weighted by Crippen LogP contribution is -2.34. The van der Waals surface area contributed by atoms with Crippen molar-refractivity contribution in [1.82, 2.24) is 0 Å². The molecular weight excluding hydrogens is 156 g/mol. The summed E-state index contributed by atoms with van der Waals surface area (Å²) in [5, 5.41) is 8.66. The van der Waals surface area contributed by atoms with Gasteiger partial charge in [0.15, 0.2) is 5.60 Å². The number of allylic oxidation sites excluding steroid dienone is 1. The van der Waals surface area contributed by atoms with Crippen molar-refractivity contribution in [2.45, 2.75) is 33.3 Å². The molecule has 0 rings (SSSR count). The quantitative estimate of drug-likeness (QED) is 0.658. The maximum absolute atomic E-state index is 10.6. The van der Waals surface area contributed by atoms with Crippen LogP contribution in [0.5, 0.6) is 0 Å². The van der Waals surface area contributed by atoms with Gasteiger partial charge in [0.25, 0.3) is 0 Å². The molecule has 0 heterocycles. The average Bonchev–Trinajstić information content (AvgIpc) is 1.85. The number of carboxylic acids is 1. The largest absolute Gasteiger partial charge is 0.479 e. The van der Waals surface area contributed by atoms with Gasteiger partial charge in [0.05, 0.1) is 6.61 Å². The molecule has 0 aliphatic heterocycles. The van der Waals surface area contributed by atoms with Crippen LogP contribution in [0.1, 0.15) is 27.7 Å². The van der Waals surface area contributed by atoms with E-state index in [0.717, 1.165) is 5.57 Å². The van der Waals surface area contributed by atoms with Crippen molar-refractivity contribution >= 4 is 5.97 Å². The molecule has 0 unspecified atom stereocenters. The van der Waals surface area contributed by atoms with Crippen molar-refractivity contribution < 1.29 is 14.6 Å². The maximum Gasteiger partial charge on any atom is 0.335 e. The average molecular weight is 172 g/mol. The van der Waals surface area contributed by atoms with E-state index < -0.39 is 11.6 Å². The number of carbonyl (C=O) groups is 1. The van der Waals surface area contributed by atoms with Crippen LogP contribution in [0, 0.1) is 0 Å². The predicted octanol–water partition coefficient (Wildman–Crippen LogP) is 1.83. The molecule has 3 heteroatoms. The minimum atomic E-state index is -1.09. The van der Waals surface area contributed by atoms with Crippen LogP contribution < -0.4 is 0 Å². The van der Waals surface area contributed by atoms with Crippen LogP contribution in [0.15, 0.2) is 11.6 Å². The molecule has 12 heavy (non-hydrogen) atoms. The van der Waals surface area contributed by atoms with Crippen LogP contribution in [0.3, 0.4) is 0 Å². The van der Waals surface area contributed by atoms with Gasteiger partial charge in [-0.2, -0.15) is 0 Å². The van der Waals surface area contributed by atoms with Gasteiger partial charge in [-0.15, -0.1) is 0 Å². The van der Waals surface area contributed by atoms with Gasteiger partial charge in [-0.05, 0) is 27.7 Å². The van der Waals surface area contributed by atoms with Gasteiger partial charge in [-0.25, -0.2) is 4.79 Å². The zero-order valence-corrected chi connectivity index (χ0v) is 8.05. The van der Waals surface area contributed by atoms with Gasteiger partial charge in [-0.1, -0.05) is 11.6 Å². The van der Waals surface area contributed by atoms with Crippen LogP contribution in [0.2, 0.25) is 0 Å². The monoisotopic (exact) mass is 172 g/mol. The highest BCUT2D eigenvalue weighted by Crippen LogP contribution is 2.08. The first-order valence-electron chi connectivity index (χ1n) is 3.87. The summed E-state index contributed by atoms with van der Waals surface area (Å²) in [6.45, 7) is 7.30. The smallest absolute Gasteiger partial charge is 0.335 e. The number of ether oxygens (including phenoxy) is 1. The summed E-state index contributed by atoms with van der Waals surface area (Å²) < 4.78 is 5.13. The van der Waals surface area contributed by atoms with Gasteiger partial charge in [0, 0.05) is 0 Å². The summed E-state index contributed by atoms with van der Waals surface area (Å²) in [5.41, 5.74) is 0.0302. The molecule has 0 radical (unpaired) electrons. The summed E-state index contributed by atoms with van der Waals surface area (Å²) in [7, 11) is 0. The molecule has 1 N–H and O–H groups in total. The molecule has 0 aromatic rings. The fourth-order valence-corrected chi connectivity index (χ4v) is 0.478. The number of hydrogen-bond donors (Lipinski definition) is 1. The Hall–Kier alpha value is -0.830. The van der Waals surface area contributed by atoms with E-state index in [0.29, 0.717) is 6.61 Å². The van der Waals surface area contributed by atoms with E-state index in [1.165, 1.54) is 13.8 Å². The van der Waals surface area contributed by atoms with Crippen LogP contribution in [0.4, 0.5) is 0 Å². The Bertz CT molecular complexity index is 188. The van der Waals surface area contributed by atoms with Gasteiger partial charge in [-0.3, -0.25) is 0 Å². The fourth-order valence-electron chi connectivity index (χ4n) is 0.478. The summed E-state index contributed by atoms with van der Waals surface area (Å²) >= 11 is 0. The predicted molar refractivity (Wildman–Crippen MR) is 47.1 cm³/mol. The first kappa shape index (κ1) is 11.2. The summed E-state index contributed by atoms with van der Waals surface area (Å²) in [6.07, 6.45) is 1.85. The van der Waals surface area contributed by atoms with Gasteiger partial charge < -0.3 is 9.84 Å². The zero-order valence-electron chi connectivity index (χ0n) is 8.05. The molecule has 0 aromatic carbocycles. The lowest BCUT2D eigenvalue weighted by atomic mass is 10.1. The van der Waals surface area contributed by atoms with E-state index in [-0.39, 0.29) is 0 Å². The standard InChI is InChI=1S/C9H16O3/c1-7(2)5-6-12-9(3,4)8(10)11/h5H,6H2,1-4H3,(H,10,11). The second kappa shape index (κ2) is 4.26. The van der Waals surface area contributed by atoms with E-state index in [9.17, 15) is 4.79 Å². The van der Waals surface area contributed by atoms with E-state index in [1.807, 2.05) is 19.9 Å². The Labute approximate surface area is 73.0 Å². The second-order valence-corrected chi connectivity index (χ2v) is 3.41. The molecule has 0 saturated carbocycles. The molecule has 0 amide bonds. The fraction of sp³-hybridized carbons (Fsp3) is 0.667. The zero-order chi connectivity index (χ0) is 9.78. The third-order valence-electron chi connectivity index (χ3n) is 1.45. The summed E-state index contributed by atoms with van der Waals surface area (Å²) in [6, 6.07) is 0. The van der Waals surface area contributed by atoms with Gasteiger partial charge in [0.2, 0.25) is 0 Å². The van der Waals surface area contributed by atoms with Crippen molar-refractivity contribution in [1.29, 1.82) is 0 Å². The van der Waals surface area contributed by atoms with Crippen LogP contribution in [-0.4, -0.2) is 23.3 Å². The Kier molecular flexibility index (Phi) is 3.96. The Morgan fingerprint density at radius 1 is 1.50 bits per heavy atom. The summed E-state index contributed by atoms with van der Waals surface area (Å²) in [4.78, 5) is 10.6. The highest BCUT2D eigenvalue weighted by molar-refractivity contribution is 5.76. The molecule has 0 saturated heterocycles. The van der Waals surface area contributed by atoms with Gasteiger partial charge in [0.1, 0.15) is 0 Å². The molecule has 70 valence electrons. The molecule has 0 atom stereocenters. The molecule has 0 aliphatic carbocycles. The lowest BCUT2D eigenvalue weighted by Gasteiger charge is -2.18. The van der Waals surface area contributed by atoms with Crippen molar-refractivity contribution in [2.75, 3.05) is 6.61 Å². The molecular formula is C9H16O3. The topological polar surface area (TPSA) is 46.5 Å². The third kappa shape index (κ3) is 4.13. The van der Waals surface area contributed by atoms with Gasteiger partial charge >= 0.3 is 5.97 Å². The Morgan fingerprint density at radius 2 is 2.00 bits per heavy atom.